The highest BCUT2D eigenvalue weighted by molar-refractivity contribution is 9.10. The first-order valence-corrected chi connectivity index (χ1v) is 6.55. The predicted molar refractivity (Wildman–Crippen MR) is 76.6 cm³/mol. The van der Waals surface area contributed by atoms with Crippen LogP contribution in [-0.4, -0.2) is 24.0 Å². The predicted octanol–water partition coefficient (Wildman–Crippen LogP) is 2.55. The fourth-order valence-electron chi connectivity index (χ4n) is 1.73. The Hall–Kier alpha value is -1.62. The molecule has 18 heavy (non-hydrogen) atoms. The van der Waals surface area contributed by atoms with Gasteiger partial charge in [0.05, 0.1) is 6.54 Å². The SMILES string of the molecule is CCNC(=O)CNc1nccc2c(Br)cccc12. The van der Waals surface area contributed by atoms with Gasteiger partial charge in [0.15, 0.2) is 0 Å². The molecule has 0 unspecified atom stereocenters. The third kappa shape index (κ3) is 2.79. The first-order valence-electron chi connectivity index (χ1n) is 5.76. The van der Waals surface area contributed by atoms with Gasteiger partial charge in [-0.05, 0) is 19.1 Å². The molecule has 1 amide bonds. The molecule has 0 saturated heterocycles. The van der Waals surface area contributed by atoms with Crippen LogP contribution in [0.2, 0.25) is 0 Å². The van der Waals surface area contributed by atoms with E-state index >= 15 is 0 Å². The molecule has 4 nitrogen and oxygen atoms in total. The van der Waals surface area contributed by atoms with Crippen molar-refractivity contribution < 1.29 is 4.79 Å². The van der Waals surface area contributed by atoms with Gasteiger partial charge in [-0.3, -0.25) is 4.79 Å². The van der Waals surface area contributed by atoms with Crippen LogP contribution in [0.3, 0.4) is 0 Å². The number of anilines is 1. The lowest BCUT2D eigenvalue weighted by Crippen LogP contribution is -2.29. The average Bonchev–Trinajstić information content (AvgIpc) is 2.37. The van der Waals surface area contributed by atoms with Gasteiger partial charge in [-0.15, -0.1) is 0 Å². The fourth-order valence-corrected chi connectivity index (χ4v) is 2.23. The van der Waals surface area contributed by atoms with E-state index < -0.39 is 0 Å². The second-order valence-electron chi connectivity index (χ2n) is 3.80. The number of amides is 1. The molecule has 1 aromatic heterocycles. The molecule has 0 bridgehead atoms. The van der Waals surface area contributed by atoms with E-state index in [9.17, 15) is 4.79 Å². The number of carbonyl (C=O) groups excluding carboxylic acids is 1. The Bertz CT molecular complexity index is 571. The summed E-state index contributed by atoms with van der Waals surface area (Å²) in [5, 5.41) is 7.86. The number of pyridine rings is 1. The molecule has 5 heteroatoms. The molecular weight excluding hydrogens is 294 g/mol. The van der Waals surface area contributed by atoms with Crippen LogP contribution < -0.4 is 10.6 Å². The van der Waals surface area contributed by atoms with Crippen LogP contribution in [0.4, 0.5) is 5.82 Å². The van der Waals surface area contributed by atoms with Crippen molar-refractivity contribution in [2.24, 2.45) is 0 Å². The fraction of sp³-hybridized carbons (Fsp3) is 0.231. The highest BCUT2D eigenvalue weighted by Gasteiger charge is 2.05. The lowest BCUT2D eigenvalue weighted by atomic mass is 10.1. The maximum absolute atomic E-state index is 11.4. The number of likely N-dealkylation sites (N-methyl/N-ethyl adjacent to an activating group) is 1. The first-order chi connectivity index (χ1) is 8.72. The number of hydrogen-bond acceptors (Lipinski definition) is 3. The largest absolute Gasteiger partial charge is 0.360 e. The minimum Gasteiger partial charge on any atom is -0.360 e. The van der Waals surface area contributed by atoms with Crippen molar-refractivity contribution in [3.8, 4) is 0 Å². The molecule has 0 aliphatic carbocycles. The maximum Gasteiger partial charge on any atom is 0.239 e. The van der Waals surface area contributed by atoms with E-state index in [0.717, 1.165) is 21.1 Å². The summed E-state index contributed by atoms with van der Waals surface area (Å²) in [4.78, 5) is 15.7. The Balaban J connectivity index is 2.23. The smallest absolute Gasteiger partial charge is 0.239 e. The molecular formula is C13H14BrN3O. The number of halogens is 1. The van der Waals surface area contributed by atoms with E-state index in [0.29, 0.717) is 6.54 Å². The number of nitrogens with zero attached hydrogens (tertiary/aromatic N) is 1. The third-order valence-electron chi connectivity index (χ3n) is 2.54. The van der Waals surface area contributed by atoms with Gasteiger partial charge >= 0.3 is 0 Å². The van der Waals surface area contributed by atoms with E-state index in [2.05, 4.69) is 31.5 Å². The topological polar surface area (TPSA) is 54.0 Å². The summed E-state index contributed by atoms with van der Waals surface area (Å²) in [6.45, 7) is 2.76. The van der Waals surface area contributed by atoms with Gasteiger partial charge in [0.25, 0.3) is 0 Å². The third-order valence-corrected chi connectivity index (χ3v) is 3.23. The first kappa shape index (κ1) is 12.8. The van der Waals surface area contributed by atoms with Gasteiger partial charge in [0.1, 0.15) is 5.82 Å². The lowest BCUT2D eigenvalue weighted by molar-refractivity contribution is -0.119. The van der Waals surface area contributed by atoms with E-state index in [4.69, 9.17) is 0 Å². The van der Waals surface area contributed by atoms with Gasteiger partial charge in [0.2, 0.25) is 5.91 Å². The van der Waals surface area contributed by atoms with Gasteiger partial charge < -0.3 is 10.6 Å². The number of rotatable bonds is 4. The van der Waals surface area contributed by atoms with Crippen LogP contribution >= 0.6 is 15.9 Å². The van der Waals surface area contributed by atoms with E-state index in [-0.39, 0.29) is 12.5 Å². The van der Waals surface area contributed by atoms with Gasteiger partial charge in [0, 0.05) is 28.0 Å². The number of nitrogens with one attached hydrogen (secondary N) is 2. The van der Waals surface area contributed by atoms with Crippen molar-refractivity contribution in [3.63, 3.8) is 0 Å². The van der Waals surface area contributed by atoms with Crippen molar-refractivity contribution in [1.29, 1.82) is 0 Å². The van der Waals surface area contributed by atoms with Crippen LogP contribution in [0.5, 0.6) is 0 Å². The van der Waals surface area contributed by atoms with Crippen LogP contribution in [0.25, 0.3) is 10.8 Å². The number of hydrogen-bond donors (Lipinski definition) is 2. The Labute approximate surface area is 114 Å². The summed E-state index contributed by atoms with van der Waals surface area (Å²) in [6.07, 6.45) is 1.73. The molecule has 1 heterocycles. The minimum atomic E-state index is -0.0358. The molecule has 0 aliphatic rings. The highest BCUT2D eigenvalue weighted by atomic mass is 79.9. The van der Waals surface area contributed by atoms with Crippen molar-refractivity contribution in [1.82, 2.24) is 10.3 Å². The van der Waals surface area contributed by atoms with Crippen LogP contribution in [0.15, 0.2) is 34.9 Å². The average molecular weight is 308 g/mol. The summed E-state index contributed by atoms with van der Waals surface area (Å²) < 4.78 is 1.02. The number of fused-ring (bicyclic) bond motifs is 1. The molecule has 0 radical (unpaired) electrons. The van der Waals surface area contributed by atoms with Crippen LogP contribution in [-0.2, 0) is 4.79 Å². The zero-order valence-electron chi connectivity index (χ0n) is 10.0. The van der Waals surface area contributed by atoms with Gasteiger partial charge in [-0.2, -0.15) is 0 Å². The molecule has 2 N–H and O–H groups in total. The van der Waals surface area contributed by atoms with Crippen molar-refractivity contribution >= 4 is 38.4 Å². The zero-order chi connectivity index (χ0) is 13.0. The summed E-state index contributed by atoms with van der Waals surface area (Å²) >= 11 is 3.50. The summed E-state index contributed by atoms with van der Waals surface area (Å²) in [5.74, 6) is 0.686. The molecule has 0 spiro atoms. The summed E-state index contributed by atoms with van der Waals surface area (Å²) in [5.41, 5.74) is 0. The zero-order valence-corrected chi connectivity index (χ0v) is 11.6. The molecule has 2 rings (SSSR count). The molecule has 0 aliphatic heterocycles. The van der Waals surface area contributed by atoms with E-state index in [1.807, 2.05) is 31.2 Å². The summed E-state index contributed by atoms with van der Waals surface area (Å²) in [7, 11) is 0. The standard InChI is InChI=1S/C13H14BrN3O/c1-2-15-12(18)8-17-13-10-4-3-5-11(14)9(10)6-7-16-13/h3-7H,2,8H2,1H3,(H,15,18)(H,16,17). The molecule has 0 saturated carbocycles. The van der Waals surface area contributed by atoms with Crippen LogP contribution in [0, 0.1) is 0 Å². The Kier molecular flexibility index (Phi) is 4.15. The molecule has 0 atom stereocenters. The lowest BCUT2D eigenvalue weighted by Gasteiger charge is -2.09. The molecule has 0 fully saturated rings. The van der Waals surface area contributed by atoms with Crippen molar-refractivity contribution in [2.75, 3.05) is 18.4 Å². The number of benzene rings is 1. The van der Waals surface area contributed by atoms with Gasteiger partial charge in [-0.25, -0.2) is 4.98 Å². The molecule has 2 aromatic rings. The van der Waals surface area contributed by atoms with Crippen LogP contribution in [0.1, 0.15) is 6.92 Å². The molecule has 94 valence electrons. The minimum absolute atomic E-state index is 0.0358. The Morgan fingerprint density at radius 1 is 1.33 bits per heavy atom. The van der Waals surface area contributed by atoms with E-state index in [1.54, 1.807) is 6.20 Å². The van der Waals surface area contributed by atoms with Crippen molar-refractivity contribution in [3.05, 3.63) is 34.9 Å². The highest BCUT2D eigenvalue weighted by Crippen LogP contribution is 2.27. The van der Waals surface area contributed by atoms with E-state index in [1.165, 1.54) is 0 Å². The second-order valence-corrected chi connectivity index (χ2v) is 4.66. The summed E-state index contributed by atoms with van der Waals surface area (Å²) in [6, 6.07) is 7.85. The maximum atomic E-state index is 11.4. The Morgan fingerprint density at radius 3 is 2.94 bits per heavy atom. The monoisotopic (exact) mass is 307 g/mol. The Morgan fingerprint density at radius 2 is 2.17 bits per heavy atom. The van der Waals surface area contributed by atoms with Crippen molar-refractivity contribution in [2.45, 2.75) is 6.92 Å². The second kappa shape index (κ2) is 5.82. The normalized spacial score (nSPS) is 10.3. The quantitative estimate of drug-likeness (QED) is 0.912. The number of carbonyl (C=O) groups is 1. The molecule has 1 aromatic carbocycles. The number of aromatic nitrogens is 1. The van der Waals surface area contributed by atoms with Gasteiger partial charge in [-0.1, -0.05) is 28.1 Å².